The zero-order chi connectivity index (χ0) is 22.7. The maximum Gasteiger partial charge on any atom is 0.251 e. The Morgan fingerprint density at radius 3 is 2.25 bits per heavy atom. The van der Waals surface area contributed by atoms with E-state index in [9.17, 15) is 4.79 Å². The summed E-state index contributed by atoms with van der Waals surface area (Å²) in [4.78, 5) is 15.2. The lowest BCUT2D eigenvalue weighted by Crippen LogP contribution is -2.30. The molecule has 1 amide bonds. The number of rotatable bonds is 5. The molecule has 1 atom stereocenters. The van der Waals surface area contributed by atoms with Crippen molar-refractivity contribution in [3.05, 3.63) is 106 Å². The second kappa shape index (κ2) is 9.30. The molecular weight excluding hydrogens is 392 g/mol. The van der Waals surface area contributed by atoms with E-state index in [-0.39, 0.29) is 17.4 Å². The molecule has 0 spiro atoms. The molecule has 3 heteroatoms. The molecule has 0 aliphatic carbocycles. The lowest BCUT2D eigenvalue weighted by molar-refractivity contribution is 0.0940. The zero-order valence-electron chi connectivity index (χ0n) is 19.7. The molecule has 4 rings (SSSR count). The van der Waals surface area contributed by atoms with Crippen molar-refractivity contribution in [2.45, 2.75) is 58.7 Å². The molecule has 0 fully saturated rings. The second-order valence-corrected chi connectivity index (χ2v) is 9.99. The second-order valence-electron chi connectivity index (χ2n) is 9.99. The molecule has 0 aromatic heterocycles. The van der Waals surface area contributed by atoms with Gasteiger partial charge in [0.1, 0.15) is 0 Å². The van der Waals surface area contributed by atoms with Crippen molar-refractivity contribution < 1.29 is 4.79 Å². The van der Waals surface area contributed by atoms with Crippen LogP contribution in [0.3, 0.4) is 0 Å². The Hall–Kier alpha value is -2.91. The average Bonchev–Trinajstić information content (AvgIpc) is 2.79. The number of amides is 1. The molecule has 32 heavy (non-hydrogen) atoms. The molecule has 3 aromatic carbocycles. The van der Waals surface area contributed by atoms with E-state index >= 15 is 0 Å². The van der Waals surface area contributed by atoms with E-state index < -0.39 is 0 Å². The van der Waals surface area contributed by atoms with Gasteiger partial charge in [0.05, 0.1) is 6.04 Å². The Balaban J connectivity index is 1.34. The van der Waals surface area contributed by atoms with Crippen LogP contribution in [0.2, 0.25) is 0 Å². The summed E-state index contributed by atoms with van der Waals surface area (Å²) >= 11 is 0. The van der Waals surface area contributed by atoms with Gasteiger partial charge in [-0.2, -0.15) is 0 Å². The van der Waals surface area contributed by atoms with Crippen LogP contribution < -0.4 is 5.32 Å². The number of carbonyl (C=O) groups excluding carboxylic acids is 1. The smallest absolute Gasteiger partial charge is 0.251 e. The lowest BCUT2D eigenvalue weighted by Gasteiger charge is -2.28. The van der Waals surface area contributed by atoms with Crippen LogP contribution in [-0.4, -0.2) is 17.4 Å². The number of hydrogen-bond acceptors (Lipinski definition) is 2. The van der Waals surface area contributed by atoms with Gasteiger partial charge in [-0.05, 0) is 58.7 Å². The molecule has 1 aliphatic rings. The monoisotopic (exact) mass is 426 g/mol. The molecule has 0 bridgehead atoms. The molecule has 1 N–H and O–H groups in total. The molecule has 0 saturated carbocycles. The van der Waals surface area contributed by atoms with E-state index in [1.165, 1.54) is 22.3 Å². The minimum Gasteiger partial charge on any atom is -0.346 e. The predicted molar refractivity (Wildman–Crippen MR) is 132 cm³/mol. The van der Waals surface area contributed by atoms with Crippen molar-refractivity contribution in [2.24, 2.45) is 0 Å². The Kier molecular flexibility index (Phi) is 6.48. The van der Waals surface area contributed by atoms with Gasteiger partial charge in [0.2, 0.25) is 0 Å². The molecule has 3 nitrogen and oxygen atoms in total. The summed E-state index contributed by atoms with van der Waals surface area (Å²) in [5.41, 5.74) is 7.39. The maximum absolute atomic E-state index is 12.8. The highest BCUT2D eigenvalue weighted by Gasteiger charge is 2.17. The van der Waals surface area contributed by atoms with Crippen molar-refractivity contribution >= 4 is 5.91 Å². The molecule has 0 radical (unpaired) electrons. The summed E-state index contributed by atoms with van der Waals surface area (Å²) < 4.78 is 0. The van der Waals surface area contributed by atoms with Gasteiger partial charge in [0, 0.05) is 25.2 Å². The summed E-state index contributed by atoms with van der Waals surface area (Å²) in [5, 5.41) is 3.13. The fourth-order valence-electron chi connectivity index (χ4n) is 4.34. The van der Waals surface area contributed by atoms with Crippen LogP contribution in [0.5, 0.6) is 0 Å². The standard InChI is InChI=1S/C29H34N2O/c1-21(23-13-15-27(16-14-23)29(2,3)4)30-28(32)25-11-9-22(10-12-25)19-31-18-17-24-7-5-6-8-26(24)20-31/h5-16,21H,17-20H2,1-4H3,(H,30,32). The quantitative estimate of drug-likeness (QED) is 0.540. The Labute approximate surface area is 192 Å². The van der Waals surface area contributed by atoms with Crippen LogP contribution in [0.4, 0.5) is 0 Å². The number of nitrogens with zero attached hydrogens (tertiary/aromatic N) is 1. The fraction of sp³-hybridized carbons (Fsp3) is 0.345. The van der Waals surface area contributed by atoms with E-state index in [4.69, 9.17) is 0 Å². The Bertz CT molecular complexity index is 1060. The number of nitrogens with one attached hydrogen (secondary N) is 1. The molecular formula is C29H34N2O. The van der Waals surface area contributed by atoms with Crippen LogP contribution in [0, 0.1) is 0 Å². The van der Waals surface area contributed by atoms with Gasteiger partial charge in [0.15, 0.2) is 0 Å². The van der Waals surface area contributed by atoms with Crippen LogP contribution in [0.25, 0.3) is 0 Å². The van der Waals surface area contributed by atoms with Gasteiger partial charge in [-0.15, -0.1) is 0 Å². The van der Waals surface area contributed by atoms with Gasteiger partial charge in [-0.1, -0.05) is 81.4 Å². The summed E-state index contributed by atoms with van der Waals surface area (Å²) in [6.07, 6.45) is 1.10. The van der Waals surface area contributed by atoms with E-state index in [1.54, 1.807) is 0 Å². The van der Waals surface area contributed by atoms with E-state index in [2.05, 4.69) is 91.7 Å². The predicted octanol–water partition coefficient (Wildman–Crippen LogP) is 6.03. The first kappa shape index (κ1) is 22.3. The first-order valence-corrected chi connectivity index (χ1v) is 11.6. The van der Waals surface area contributed by atoms with E-state index in [0.717, 1.165) is 31.6 Å². The summed E-state index contributed by atoms with van der Waals surface area (Å²) in [6.45, 7) is 11.6. The van der Waals surface area contributed by atoms with E-state index in [1.807, 2.05) is 19.1 Å². The number of fused-ring (bicyclic) bond motifs is 1. The third-order valence-corrected chi connectivity index (χ3v) is 6.46. The van der Waals surface area contributed by atoms with Crippen LogP contribution in [0.1, 0.15) is 71.9 Å². The van der Waals surface area contributed by atoms with Crippen molar-refractivity contribution in [2.75, 3.05) is 6.54 Å². The van der Waals surface area contributed by atoms with E-state index in [0.29, 0.717) is 5.56 Å². The fourth-order valence-corrected chi connectivity index (χ4v) is 4.34. The Morgan fingerprint density at radius 1 is 0.938 bits per heavy atom. The molecule has 1 heterocycles. The summed E-state index contributed by atoms with van der Waals surface area (Å²) in [6, 6.07) is 25.3. The number of hydrogen-bond donors (Lipinski definition) is 1. The summed E-state index contributed by atoms with van der Waals surface area (Å²) in [7, 11) is 0. The summed E-state index contributed by atoms with van der Waals surface area (Å²) in [5.74, 6) is -0.0316. The normalized spacial score (nSPS) is 15.1. The highest BCUT2D eigenvalue weighted by molar-refractivity contribution is 5.94. The van der Waals surface area contributed by atoms with Gasteiger partial charge in [-0.25, -0.2) is 0 Å². The molecule has 166 valence electrons. The van der Waals surface area contributed by atoms with Crippen molar-refractivity contribution in [1.29, 1.82) is 0 Å². The highest BCUT2D eigenvalue weighted by Crippen LogP contribution is 2.24. The largest absolute Gasteiger partial charge is 0.346 e. The molecule has 1 unspecified atom stereocenters. The van der Waals surface area contributed by atoms with Crippen LogP contribution >= 0.6 is 0 Å². The SMILES string of the molecule is CC(NC(=O)c1ccc(CN2CCc3ccccc3C2)cc1)c1ccc(C(C)(C)C)cc1. The number of carbonyl (C=O) groups is 1. The van der Waals surface area contributed by atoms with Crippen molar-refractivity contribution in [1.82, 2.24) is 10.2 Å². The van der Waals surface area contributed by atoms with Gasteiger partial charge in [-0.3, -0.25) is 9.69 Å². The Morgan fingerprint density at radius 2 is 1.59 bits per heavy atom. The minimum atomic E-state index is -0.0374. The maximum atomic E-state index is 12.8. The number of benzene rings is 3. The third-order valence-electron chi connectivity index (χ3n) is 6.46. The lowest BCUT2D eigenvalue weighted by atomic mass is 9.86. The van der Waals surface area contributed by atoms with Gasteiger partial charge >= 0.3 is 0 Å². The van der Waals surface area contributed by atoms with Crippen LogP contribution in [-0.2, 0) is 24.9 Å². The highest BCUT2D eigenvalue weighted by atomic mass is 16.1. The first-order chi connectivity index (χ1) is 15.3. The third kappa shape index (κ3) is 5.28. The minimum absolute atomic E-state index is 0.0316. The van der Waals surface area contributed by atoms with Gasteiger partial charge < -0.3 is 5.32 Å². The molecule has 3 aromatic rings. The molecule has 1 aliphatic heterocycles. The first-order valence-electron chi connectivity index (χ1n) is 11.6. The topological polar surface area (TPSA) is 32.3 Å². The van der Waals surface area contributed by atoms with Crippen molar-refractivity contribution in [3.8, 4) is 0 Å². The van der Waals surface area contributed by atoms with Crippen molar-refractivity contribution in [3.63, 3.8) is 0 Å². The molecule has 0 saturated heterocycles. The van der Waals surface area contributed by atoms with Crippen LogP contribution in [0.15, 0.2) is 72.8 Å². The van der Waals surface area contributed by atoms with Gasteiger partial charge in [0.25, 0.3) is 5.91 Å². The zero-order valence-corrected chi connectivity index (χ0v) is 19.7. The average molecular weight is 427 g/mol.